The van der Waals surface area contributed by atoms with Gasteiger partial charge in [-0.15, -0.1) is 0 Å². The van der Waals surface area contributed by atoms with E-state index in [1.165, 1.54) is 0 Å². The van der Waals surface area contributed by atoms with Crippen molar-refractivity contribution in [1.82, 2.24) is 19.7 Å². The van der Waals surface area contributed by atoms with Gasteiger partial charge in [-0.2, -0.15) is 5.10 Å². The maximum absolute atomic E-state index is 12.6. The van der Waals surface area contributed by atoms with E-state index in [9.17, 15) is 4.79 Å². The molecule has 1 amide bonds. The number of aromatic nitrogens is 3. The monoisotopic (exact) mass is 384 g/mol. The van der Waals surface area contributed by atoms with Crippen LogP contribution in [0.2, 0.25) is 0 Å². The molecular weight excluding hydrogens is 356 g/mol. The molecule has 0 saturated carbocycles. The van der Waals surface area contributed by atoms with E-state index in [1.807, 2.05) is 24.1 Å². The quantitative estimate of drug-likeness (QED) is 0.793. The van der Waals surface area contributed by atoms with Crippen LogP contribution < -0.4 is 4.74 Å². The van der Waals surface area contributed by atoms with Crippen molar-refractivity contribution in [3.63, 3.8) is 0 Å². The lowest BCUT2D eigenvalue weighted by atomic mass is 9.78. The van der Waals surface area contributed by atoms with Gasteiger partial charge in [0.05, 0.1) is 24.0 Å². The van der Waals surface area contributed by atoms with Gasteiger partial charge in [-0.25, -0.2) is 0 Å². The van der Waals surface area contributed by atoms with Gasteiger partial charge in [0.25, 0.3) is 5.91 Å². The Bertz CT molecular complexity index is 784. The fraction of sp³-hybridized carbons (Fsp3) is 0.571. The summed E-state index contributed by atoms with van der Waals surface area (Å²) in [5.74, 6) is 1.55. The first kappa shape index (κ1) is 18.9. The minimum atomic E-state index is -0.0781. The van der Waals surface area contributed by atoms with E-state index in [2.05, 4.69) is 10.1 Å². The van der Waals surface area contributed by atoms with Crippen molar-refractivity contribution in [2.24, 2.45) is 13.0 Å². The summed E-state index contributed by atoms with van der Waals surface area (Å²) >= 11 is 0. The second-order valence-electron chi connectivity index (χ2n) is 7.91. The molecular formula is C21H28N4O3. The van der Waals surface area contributed by atoms with Crippen molar-refractivity contribution in [3.05, 3.63) is 42.5 Å². The molecule has 0 aromatic carbocycles. The summed E-state index contributed by atoms with van der Waals surface area (Å²) in [5.41, 5.74) is 0.583. The number of aryl methyl sites for hydroxylation is 1. The summed E-state index contributed by atoms with van der Waals surface area (Å²) in [6.45, 7) is 3.01. The van der Waals surface area contributed by atoms with Gasteiger partial charge in [0.2, 0.25) is 0 Å². The summed E-state index contributed by atoms with van der Waals surface area (Å²) in [7, 11) is 1.83. The third-order valence-electron chi connectivity index (χ3n) is 5.95. The second-order valence-corrected chi connectivity index (χ2v) is 7.91. The van der Waals surface area contributed by atoms with E-state index < -0.39 is 0 Å². The molecule has 2 fully saturated rings. The van der Waals surface area contributed by atoms with Crippen LogP contribution in [0, 0.1) is 5.92 Å². The Labute approximate surface area is 165 Å². The minimum absolute atomic E-state index is 0.0704. The van der Waals surface area contributed by atoms with Crippen LogP contribution in [0.5, 0.6) is 5.75 Å². The highest BCUT2D eigenvalue weighted by Gasteiger charge is 2.41. The maximum Gasteiger partial charge on any atom is 0.257 e. The van der Waals surface area contributed by atoms with Crippen molar-refractivity contribution < 1.29 is 14.3 Å². The SMILES string of the molecule is Cn1cc(C(=O)N2CCC3(CC2)CC(CCOc2ccncc2)CCO3)cn1. The standard InChI is InChI=1S/C21H28N4O3/c1-24-16-18(15-23-24)20(26)25-10-6-21(7-11-25)14-17(5-13-28-21)4-12-27-19-2-8-22-9-3-19/h2-3,8-9,15-17H,4-7,10-14H2,1H3. The fourth-order valence-corrected chi connectivity index (χ4v) is 4.33. The predicted octanol–water partition coefficient (Wildman–Crippen LogP) is 2.69. The zero-order chi connectivity index (χ0) is 19.4. The molecule has 150 valence electrons. The normalized spacial score (nSPS) is 21.6. The average Bonchev–Trinajstić information content (AvgIpc) is 3.15. The van der Waals surface area contributed by atoms with Gasteiger partial charge in [-0.3, -0.25) is 14.5 Å². The van der Waals surface area contributed by atoms with Crippen LogP contribution in [0.15, 0.2) is 36.9 Å². The molecule has 1 atom stereocenters. The van der Waals surface area contributed by atoms with Crippen molar-refractivity contribution >= 4 is 5.91 Å². The number of nitrogens with zero attached hydrogens (tertiary/aromatic N) is 4. The topological polar surface area (TPSA) is 69.5 Å². The Balaban J connectivity index is 1.26. The van der Waals surface area contributed by atoms with Crippen LogP contribution in [0.1, 0.15) is 42.5 Å². The number of rotatable bonds is 5. The van der Waals surface area contributed by atoms with Gasteiger partial charge < -0.3 is 14.4 Å². The molecule has 4 heterocycles. The van der Waals surface area contributed by atoms with Crippen molar-refractivity contribution in [3.8, 4) is 5.75 Å². The zero-order valence-electron chi connectivity index (χ0n) is 16.4. The van der Waals surface area contributed by atoms with Crippen molar-refractivity contribution in [1.29, 1.82) is 0 Å². The number of carbonyl (C=O) groups is 1. The first-order valence-electron chi connectivity index (χ1n) is 10.1. The number of carbonyl (C=O) groups excluding carboxylic acids is 1. The Hall–Kier alpha value is -2.41. The number of hydrogen-bond donors (Lipinski definition) is 0. The fourth-order valence-electron chi connectivity index (χ4n) is 4.33. The van der Waals surface area contributed by atoms with Crippen LogP contribution in [0.4, 0.5) is 0 Å². The zero-order valence-corrected chi connectivity index (χ0v) is 16.4. The number of likely N-dealkylation sites (tertiary alicyclic amines) is 1. The molecule has 2 aliphatic heterocycles. The van der Waals surface area contributed by atoms with E-state index in [-0.39, 0.29) is 11.5 Å². The molecule has 0 bridgehead atoms. The smallest absolute Gasteiger partial charge is 0.257 e. The maximum atomic E-state index is 12.6. The highest BCUT2D eigenvalue weighted by molar-refractivity contribution is 5.93. The Kier molecular flexibility index (Phi) is 5.62. The summed E-state index contributed by atoms with van der Waals surface area (Å²) in [4.78, 5) is 18.6. The third kappa shape index (κ3) is 4.35. The van der Waals surface area contributed by atoms with Gasteiger partial charge in [0, 0.05) is 45.3 Å². The van der Waals surface area contributed by atoms with Gasteiger partial charge in [0.15, 0.2) is 0 Å². The molecule has 28 heavy (non-hydrogen) atoms. The lowest BCUT2D eigenvalue weighted by Gasteiger charge is -2.46. The van der Waals surface area contributed by atoms with E-state index >= 15 is 0 Å². The molecule has 1 unspecified atom stereocenters. The number of pyridine rings is 1. The van der Waals surface area contributed by atoms with Gasteiger partial charge in [-0.05, 0) is 50.2 Å². The van der Waals surface area contributed by atoms with Crippen molar-refractivity contribution in [2.75, 3.05) is 26.3 Å². The van der Waals surface area contributed by atoms with Crippen molar-refractivity contribution in [2.45, 2.75) is 37.7 Å². The van der Waals surface area contributed by atoms with Crippen LogP contribution in [-0.2, 0) is 11.8 Å². The van der Waals surface area contributed by atoms with E-state index in [4.69, 9.17) is 9.47 Å². The van der Waals surface area contributed by atoms with E-state index in [0.717, 1.165) is 64.2 Å². The Morgan fingerprint density at radius 2 is 2.11 bits per heavy atom. The summed E-state index contributed by atoms with van der Waals surface area (Å²) < 4.78 is 13.7. The molecule has 7 heteroatoms. The first-order chi connectivity index (χ1) is 13.6. The first-order valence-corrected chi connectivity index (χ1v) is 10.1. The molecule has 0 N–H and O–H groups in total. The summed E-state index contributed by atoms with van der Waals surface area (Å²) in [5, 5.41) is 4.11. The molecule has 0 aliphatic carbocycles. The predicted molar refractivity (Wildman–Crippen MR) is 104 cm³/mol. The minimum Gasteiger partial charge on any atom is -0.493 e. The molecule has 4 rings (SSSR count). The van der Waals surface area contributed by atoms with Crippen LogP contribution in [0.3, 0.4) is 0 Å². The van der Waals surface area contributed by atoms with Gasteiger partial charge >= 0.3 is 0 Å². The van der Waals surface area contributed by atoms with E-state index in [0.29, 0.717) is 11.5 Å². The highest BCUT2D eigenvalue weighted by Crippen LogP contribution is 2.39. The van der Waals surface area contributed by atoms with Gasteiger partial charge in [-0.1, -0.05) is 0 Å². The lowest BCUT2D eigenvalue weighted by molar-refractivity contribution is -0.125. The molecule has 2 aromatic rings. The summed E-state index contributed by atoms with van der Waals surface area (Å²) in [6, 6.07) is 3.78. The Morgan fingerprint density at radius 1 is 1.32 bits per heavy atom. The van der Waals surface area contributed by atoms with Crippen LogP contribution >= 0.6 is 0 Å². The van der Waals surface area contributed by atoms with Crippen LogP contribution in [0.25, 0.3) is 0 Å². The Morgan fingerprint density at radius 3 is 2.82 bits per heavy atom. The molecule has 0 radical (unpaired) electrons. The molecule has 2 saturated heterocycles. The number of piperidine rings is 1. The molecule has 1 spiro atoms. The third-order valence-corrected chi connectivity index (χ3v) is 5.95. The molecule has 2 aliphatic rings. The average molecular weight is 384 g/mol. The lowest BCUT2D eigenvalue weighted by Crippen LogP contribution is -2.50. The van der Waals surface area contributed by atoms with Gasteiger partial charge in [0.1, 0.15) is 5.75 Å². The number of hydrogen-bond acceptors (Lipinski definition) is 5. The second kappa shape index (κ2) is 8.31. The van der Waals surface area contributed by atoms with E-state index in [1.54, 1.807) is 29.5 Å². The largest absolute Gasteiger partial charge is 0.493 e. The highest BCUT2D eigenvalue weighted by atomic mass is 16.5. The number of ether oxygens (including phenoxy) is 2. The summed E-state index contributed by atoms with van der Waals surface area (Å²) in [6.07, 6.45) is 11.9. The number of amides is 1. The molecule has 2 aromatic heterocycles. The van der Waals surface area contributed by atoms with Crippen LogP contribution in [-0.4, -0.2) is 57.5 Å². The molecule has 7 nitrogen and oxygen atoms in total.